The van der Waals surface area contributed by atoms with Crippen molar-refractivity contribution in [1.82, 2.24) is 20.0 Å². The molecule has 1 N–H and O–H groups in total. The number of aryl methyl sites for hydroxylation is 2. The lowest BCUT2D eigenvalue weighted by atomic mass is 10.1. The van der Waals surface area contributed by atoms with Crippen LogP contribution in [0.3, 0.4) is 0 Å². The second-order valence-electron chi connectivity index (χ2n) is 5.58. The first-order chi connectivity index (χ1) is 10.4. The average molecular weight is 304 g/mol. The highest BCUT2D eigenvalue weighted by Gasteiger charge is 2.16. The van der Waals surface area contributed by atoms with Crippen LogP contribution in [0.1, 0.15) is 16.1 Å². The van der Waals surface area contributed by atoms with Crippen LogP contribution in [0.25, 0.3) is 11.3 Å². The molecule has 0 atom stereocenters. The summed E-state index contributed by atoms with van der Waals surface area (Å²) in [6.45, 7) is 3.18. The van der Waals surface area contributed by atoms with Crippen LogP contribution < -0.4 is 5.32 Å². The predicted molar refractivity (Wildman–Crippen MR) is 84.2 cm³/mol. The number of carbonyl (C=O) groups is 1. The number of likely N-dealkylation sites (N-methyl/N-ethyl adjacent to an activating group) is 1. The zero-order valence-electron chi connectivity index (χ0n) is 13.4. The quantitative estimate of drug-likeness (QED) is 0.917. The Labute approximate surface area is 129 Å². The first-order valence-corrected chi connectivity index (χ1v) is 7.12. The minimum atomic E-state index is -0.326. The zero-order valence-corrected chi connectivity index (χ0v) is 13.4. The molecule has 0 aliphatic rings. The van der Waals surface area contributed by atoms with Gasteiger partial charge in [0.25, 0.3) is 5.91 Å². The second-order valence-corrected chi connectivity index (χ2v) is 5.58. The highest BCUT2D eigenvalue weighted by atomic mass is 19.1. The third-order valence-corrected chi connectivity index (χ3v) is 3.35. The van der Waals surface area contributed by atoms with Gasteiger partial charge in [0.2, 0.25) is 0 Å². The van der Waals surface area contributed by atoms with E-state index >= 15 is 0 Å². The monoisotopic (exact) mass is 304 g/mol. The lowest BCUT2D eigenvalue weighted by Crippen LogP contribution is -2.31. The molecule has 0 bridgehead atoms. The number of nitrogens with zero attached hydrogens (tertiary/aromatic N) is 3. The van der Waals surface area contributed by atoms with E-state index < -0.39 is 0 Å². The molecule has 22 heavy (non-hydrogen) atoms. The number of halogens is 1. The number of nitrogens with one attached hydrogen (secondary N) is 1. The van der Waals surface area contributed by atoms with Crippen molar-refractivity contribution in [2.75, 3.05) is 27.2 Å². The van der Waals surface area contributed by atoms with E-state index in [0.717, 1.165) is 12.1 Å². The largest absolute Gasteiger partial charge is 0.349 e. The molecule has 6 heteroatoms. The smallest absolute Gasteiger partial charge is 0.271 e. The van der Waals surface area contributed by atoms with E-state index in [2.05, 4.69) is 10.4 Å². The highest BCUT2D eigenvalue weighted by molar-refractivity contribution is 5.93. The Morgan fingerprint density at radius 3 is 2.77 bits per heavy atom. The summed E-state index contributed by atoms with van der Waals surface area (Å²) in [4.78, 5) is 14.1. The molecule has 5 nitrogen and oxygen atoms in total. The topological polar surface area (TPSA) is 50.2 Å². The molecule has 1 aromatic heterocycles. The van der Waals surface area contributed by atoms with Crippen molar-refractivity contribution >= 4 is 5.91 Å². The molecule has 1 aromatic carbocycles. The van der Waals surface area contributed by atoms with E-state index in [0.29, 0.717) is 17.8 Å². The van der Waals surface area contributed by atoms with Gasteiger partial charge in [-0.15, -0.1) is 0 Å². The number of hydrogen-bond donors (Lipinski definition) is 1. The van der Waals surface area contributed by atoms with Crippen LogP contribution in [-0.2, 0) is 7.05 Å². The van der Waals surface area contributed by atoms with Gasteiger partial charge in [0.15, 0.2) is 5.69 Å². The summed E-state index contributed by atoms with van der Waals surface area (Å²) < 4.78 is 15.5. The molecule has 0 radical (unpaired) electrons. The van der Waals surface area contributed by atoms with Gasteiger partial charge in [-0.2, -0.15) is 5.10 Å². The number of carbonyl (C=O) groups excluding carboxylic acids is 1. The molecule has 0 unspecified atom stereocenters. The number of aromatic nitrogens is 2. The minimum absolute atomic E-state index is 0.253. The average Bonchev–Trinajstić information content (AvgIpc) is 2.83. The zero-order chi connectivity index (χ0) is 16.3. The molecule has 1 amide bonds. The van der Waals surface area contributed by atoms with E-state index in [1.54, 1.807) is 25.2 Å². The van der Waals surface area contributed by atoms with E-state index in [-0.39, 0.29) is 17.4 Å². The Morgan fingerprint density at radius 2 is 2.09 bits per heavy atom. The molecule has 0 saturated carbocycles. The fourth-order valence-electron chi connectivity index (χ4n) is 2.15. The van der Waals surface area contributed by atoms with Crippen molar-refractivity contribution < 1.29 is 9.18 Å². The third kappa shape index (κ3) is 3.71. The standard InChI is InChI=1S/C16H21FN4O/c1-11-5-6-13(17)12(9-11)15-10-14(19-21(15)4)16(22)18-7-8-20(2)3/h5-6,9-10H,7-8H2,1-4H3,(H,18,22). The second kappa shape index (κ2) is 6.70. The molecule has 1 heterocycles. The maximum atomic E-state index is 14.0. The van der Waals surface area contributed by atoms with Gasteiger partial charge in [0, 0.05) is 25.7 Å². The summed E-state index contributed by atoms with van der Waals surface area (Å²) in [7, 11) is 5.57. The predicted octanol–water partition coefficient (Wildman–Crippen LogP) is 1.83. The summed E-state index contributed by atoms with van der Waals surface area (Å²) in [5.41, 5.74) is 2.27. The number of hydrogen-bond acceptors (Lipinski definition) is 3. The summed E-state index contributed by atoms with van der Waals surface area (Å²) in [5, 5.41) is 6.98. The van der Waals surface area contributed by atoms with Crippen LogP contribution in [0.5, 0.6) is 0 Å². The SMILES string of the molecule is Cc1ccc(F)c(-c2cc(C(=O)NCCN(C)C)nn2C)c1. The molecule has 2 aromatic rings. The van der Waals surface area contributed by atoms with Crippen LogP contribution in [0, 0.1) is 12.7 Å². The van der Waals surface area contributed by atoms with Crippen molar-refractivity contribution in [1.29, 1.82) is 0 Å². The molecule has 118 valence electrons. The number of rotatable bonds is 5. The van der Waals surface area contributed by atoms with Gasteiger partial charge < -0.3 is 10.2 Å². The highest BCUT2D eigenvalue weighted by Crippen LogP contribution is 2.24. The van der Waals surface area contributed by atoms with Gasteiger partial charge in [-0.1, -0.05) is 11.6 Å². The summed E-state index contributed by atoms with van der Waals surface area (Å²) >= 11 is 0. The Morgan fingerprint density at radius 1 is 1.36 bits per heavy atom. The molecule has 0 saturated heterocycles. The summed E-state index contributed by atoms with van der Waals surface area (Å²) in [6, 6.07) is 6.50. The van der Waals surface area contributed by atoms with E-state index in [4.69, 9.17) is 0 Å². The van der Waals surface area contributed by atoms with Crippen LogP contribution in [0.15, 0.2) is 24.3 Å². The van der Waals surface area contributed by atoms with Crippen molar-refractivity contribution in [3.8, 4) is 11.3 Å². The maximum absolute atomic E-state index is 14.0. The molecule has 0 fully saturated rings. The van der Waals surface area contributed by atoms with Gasteiger partial charge in [-0.25, -0.2) is 4.39 Å². The number of amides is 1. The summed E-state index contributed by atoms with van der Waals surface area (Å²) in [6.07, 6.45) is 0. The van der Waals surface area contributed by atoms with E-state index in [1.807, 2.05) is 25.9 Å². The molecular weight excluding hydrogens is 283 g/mol. The Balaban J connectivity index is 2.21. The van der Waals surface area contributed by atoms with Crippen molar-refractivity contribution in [2.45, 2.75) is 6.92 Å². The molecule has 0 spiro atoms. The van der Waals surface area contributed by atoms with Crippen molar-refractivity contribution in [3.05, 3.63) is 41.3 Å². The normalized spacial score (nSPS) is 11.0. The van der Waals surface area contributed by atoms with E-state index in [9.17, 15) is 9.18 Å². The lowest BCUT2D eigenvalue weighted by molar-refractivity contribution is 0.0945. The fraction of sp³-hybridized carbons (Fsp3) is 0.375. The Bertz CT molecular complexity index is 679. The molecule has 0 aliphatic heterocycles. The molecule has 0 aliphatic carbocycles. The fourth-order valence-corrected chi connectivity index (χ4v) is 2.15. The van der Waals surface area contributed by atoms with Gasteiger partial charge in [-0.05, 0) is 39.2 Å². The van der Waals surface area contributed by atoms with Gasteiger partial charge in [0.1, 0.15) is 5.82 Å². The third-order valence-electron chi connectivity index (χ3n) is 3.35. The Kier molecular flexibility index (Phi) is 4.92. The first kappa shape index (κ1) is 16.2. The van der Waals surface area contributed by atoms with Crippen LogP contribution in [0.2, 0.25) is 0 Å². The molecule has 2 rings (SSSR count). The van der Waals surface area contributed by atoms with Crippen LogP contribution >= 0.6 is 0 Å². The maximum Gasteiger partial charge on any atom is 0.271 e. The molecular formula is C16H21FN4O. The Hall–Kier alpha value is -2.21. The van der Waals surface area contributed by atoms with Crippen molar-refractivity contribution in [3.63, 3.8) is 0 Å². The number of benzene rings is 1. The van der Waals surface area contributed by atoms with Crippen LogP contribution in [0.4, 0.5) is 4.39 Å². The van der Waals surface area contributed by atoms with Crippen LogP contribution in [-0.4, -0.2) is 47.8 Å². The minimum Gasteiger partial charge on any atom is -0.349 e. The lowest BCUT2D eigenvalue weighted by Gasteiger charge is -2.09. The first-order valence-electron chi connectivity index (χ1n) is 7.12. The summed E-state index contributed by atoms with van der Waals surface area (Å²) in [5.74, 6) is -0.579. The van der Waals surface area contributed by atoms with Gasteiger partial charge >= 0.3 is 0 Å². The van der Waals surface area contributed by atoms with Crippen molar-refractivity contribution in [2.24, 2.45) is 7.05 Å². The van der Waals surface area contributed by atoms with Gasteiger partial charge in [0.05, 0.1) is 5.69 Å². The van der Waals surface area contributed by atoms with E-state index in [1.165, 1.54) is 10.7 Å². The van der Waals surface area contributed by atoms with Gasteiger partial charge in [-0.3, -0.25) is 9.48 Å².